The first kappa shape index (κ1) is 9.90. The maximum absolute atomic E-state index is 11.5. The molecule has 4 N–H and O–H groups in total. The van der Waals surface area contributed by atoms with Crippen molar-refractivity contribution in [2.45, 2.75) is 19.6 Å². The van der Waals surface area contributed by atoms with Crippen molar-refractivity contribution in [3.8, 4) is 0 Å². The van der Waals surface area contributed by atoms with Gasteiger partial charge in [-0.05, 0) is 0 Å². The van der Waals surface area contributed by atoms with Gasteiger partial charge in [-0.3, -0.25) is 9.78 Å². The molecule has 0 amide bonds. The third kappa shape index (κ3) is 1.65. The largest absolute Gasteiger partial charge is 0.369 e. The quantitative estimate of drug-likeness (QED) is 0.581. The van der Waals surface area contributed by atoms with E-state index in [0.29, 0.717) is 11.2 Å². The number of nitrogens with one attached hydrogen (secondary N) is 2. The fourth-order valence-electron chi connectivity index (χ4n) is 1.28. The van der Waals surface area contributed by atoms with Crippen molar-refractivity contribution in [3.05, 3.63) is 10.4 Å². The lowest BCUT2D eigenvalue weighted by Crippen LogP contribution is -2.40. The lowest BCUT2D eigenvalue weighted by Gasteiger charge is -2.10. The van der Waals surface area contributed by atoms with Crippen LogP contribution in [0.1, 0.15) is 0 Å². The monoisotopic (exact) mass is 223 g/mol. The van der Waals surface area contributed by atoms with Gasteiger partial charge in [0.05, 0.1) is 5.45 Å². The highest BCUT2D eigenvalue weighted by Gasteiger charge is 2.22. The van der Waals surface area contributed by atoms with Crippen molar-refractivity contribution in [2.75, 3.05) is 5.73 Å². The summed E-state index contributed by atoms with van der Waals surface area (Å²) in [6.45, 7) is 6.42. The Balaban J connectivity index is 2.77. The Bertz CT molecular complexity index is 564. The Morgan fingerprint density at radius 3 is 2.47 bits per heavy atom. The van der Waals surface area contributed by atoms with Crippen LogP contribution < -0.4 is 16.7 Å². The van der Waals surface area contributed by atoms with Crippen LogP contribution in [-0.4, -0.2) is 28.0 Å². The minimum atomic E-state index is -1.56. The molecule has 2 aromatic heterocycles. The zero-order chi connectivity index (χ0) is 11.2. The van der Waals surface area contributed by atoms with Crippen LogP contribution in [0.2, 0.25) is 19.6 Å². The third-order valence-electron chi connectivity index (χ3n) is 2.09. The van der Waals surface area contributed by atoms with E-state index < -0.39 is 8.07 Å². The third-order valence-corrected chi connectivity index (χ3v) is 3.75. The van der Waals surface area contributed by atoms with Crippen LogP contribution in [0.15, 0.2) is 4.79 Å². The minimum Gasteiger partial charge on any atom is -0.369 e. The summed E-state index contributed by atoms with van der Waals surface area (Å²) < 4.78 is 0. The van der Waals surface area contributed by atoms with Gasteiger partial charge in [-0.25, -0.2) is 4.98 Å². The highest BCUT2D eigenvalue weighted by molar-refractivity contribution is 6.87. The lowest BCUT2D eigenvalue weighted by molar-refractivity contribution is 1.17. The number of aromatic nitrogens is 4. The number of anilines is 1. The first-order chi connectivity index (χ1) is 6.88. The second kappa shape index (κ2) is 2.93. The molecule has 0 radical (unpaired) electrons. The molecule has 0 fully saturated rings. The standard InChI is InChI=1S/C8H13N5OSi/c1-15(2,3)8-10-4-5(12-8)11-7(9)13-6(4)14/h1-3H3,(H4,9,10,11,12,13,14). The van der Waals surface area contributed by atoms with Crippen LogP contribution >= 0.6 is 0 Å². The van der Waals surface area contributed by atoms with Gasteiger partial charge < -0.3 is 10.7 Å². The Morgan fingerprint density at radius 1 is 1.20 bits per heavy atom. The number of hydrogen-bond acceptors (Lipinski definition) is 4. The van der Waals surface area contributed by atoms with E-state index in [1.54, 1.807) is 0 Å². The second-order valence-electron chi connectivity index (χ2n) is 4.49. The van der Waals surface area contributed by atoms with E-state index in [1.807, 2.05) is 0 Å². The summed E-state index contributed by atoms with van der Waals surface area (Å²) in [5, 5.41) is 0. The van der Waals surface area contributed by atoms with E-state index in [0.717, 1.165) is 5.45 Å². The number of nitrogen functional groups attached to an aromatic ring is 1. The molecule has 0 aliphatic carbocycles. The topological polar surface area (TPSA) is 100 Å². The molecule has 7 heteroatoms. The van der Waals surface area contributed by atoms with Gasteiger partial charge in [0.25, 0.3) is 5.56 Å². The fraction of sp³-hybridized carbons (Fsp3) is 0.375. The molecule has 6 nitrogen and oxygen atoms in total. The van der Waals surface area contributed by atoms with Crippen LogP contribution in [-0.2, 0) is 0 Å². The van der Waals surface area contributed by atoms with Crippen LogP contribution in [0.5, 0.6) is 0 Å². The molecule has 0 aromatic carbocycles. The van der Waals surface area contributed by atoms with Crippen molar-refractivity contribution in [1.29, 1.82) is 0 Å². The molecule has 0 aliphatic heterocycles. The Kier molecular flexibility index (Phi) is 1.93. The molecule has 2 aromatic rings. The summed E-state index contributed by atoms with van der Waals surface area (Å²) in [6, 6.07) is 0. The number of imidazole rings is 1. The molecule has 0 aliphatic rings. The molecule has 80 valence electrons. The van der Waals surface area contributed by atoms with E-state index in [1.165, 1.54) is 0 Å². The Labute approximate surface area is 87.0 Å². The predicted molar refractivity (Wildman–Crippen MR) is 61.9 cm³/mol. The number of rotatable bonds is 1. The van der Waals surface area contributed by atoms with E-state index in [2.05, 4.69) is 39.6 Å². The molecule has 0 spiro atoms. The Morgan fingerprint density at radius 2 is 1.87 bits per heavy atom. The smallest absolute Gasteiger partial charge is 0.278 e. The zero-order valence-electron chi connectivity index (χ0n) is 8.88. The van der Waals surface area contributed by atoms with Gasteiger partial charge in [-0.1, -0.05) is 19.6 Å². The lowest BCUT2D eigenvalue weighted by atomic mass is 10.5. The molecule has 0 atom stereocenters. The van der Waals surface area contributed by atoms with Crippen LogP contribution in [0.25, 0.3) is 11.2 Å². The Hall–Kier alpha value is -1.63. The maximum Gasteiger partial charge on any atom is 0.278 e. The van der Waals surface area contributed by atoms with E-state index in [9.17, 15) is 4.79 Å². The molecule has 2 heterocycles. The van der Waals surface area contributed by atoms with E-state index >= 15 is 0 Å². The number of hydrogen-bond donors (Lipinski definition) is 3. The number of H-pyrrole nitrogens is 2. The molecule has 0 bridgehead atoms. The van der Waals surface area contributed by atoms with Crippen molar-refractivity contribution < 1.29 is 0 Å². The van der Waals surface area contributed by atoms with Gasteiger partial charge in [-0.2, -0.15) is 4.98 Å². The average molecular weight is 223 g/mol. The molecule has 0 unspecified atom stereocenters. The van der Waals surface area contributed by atoms with Gasteiger partial charge in [0.15, 0.2) is 11.2 Å². The van der Waals surface area contributed by atoms with Crippen molar-refractivity contribution >= 4 is 30.6 Å². The predicted octanol–water partition coefficient (Wildman–Crippen LogP) is -0.226. The number of nitrogens with two attached hydrogens (primary N) is 1. The highest BCUT2D eigenvalue weighted by Crippen LogP contribution is 2.04. The fourth-order valence-corrected chi connectivity index (χ4v) is 2.22. The molecule has 0 saturated heterocycles. The number of nitrogens with zero attached hydrogens (tertiary/aromatic N) is 2. The first-order valence-corrected chi connectivity index (χ1v) is 8.14. The number of fused-ring (bicyclic) bond motifs is 1. The van der Waals surface area contributed by atoms with Crippen LogP contribution in [0.4, 0.5) is 5.95 Å². The summed E-state index contributed by atoms with van der Waals surface area (Å²) in [5.41, 5.74) is 6.83. The highest BCUT2D eigenvalue weighted by atomic mass is 28.3. The molecule has 2 rings (SSSR count). The summed E-state index contributed by atoms with van der Waals surface area (Å²) in [4.78, 5) is 25.2. The first-order valence-electron chi connectivity index (χ1n) is 4.64. The van der Waals surface area contributed by atoms with Crippen LogP contribution in [0, 0.1) is 0 Å². The SMILES string of the molecule is C[Si](C)(C)c1nc2nc(N)[nH]c(=O)c2[nH]1. The average Bonchev–Trinajstić information content (AvgIpc) is 2.46. The van der Waals surface area contributed by atoms with E-state index in [4.69, 9.17) is 5.73 Å². The summed E-state index contributed by atoms with van der Waals surface area (Å²) in [7, 11) is -1.56. The van der Waals surface area contributed by atoms with Gasteiger partial charge in [0.2, 0.25) is 5.95 Å². The van der Waals surface area contributed by atoms with Gasteiger partial charge >= 0.3 is 0 Å². The van der Waals surface area contributed by atoms with E-state index in [-0.39, 0.29) is 11.5 Å². The van der Waals surface area contributed by atoms with Crippen molar-refractivity contribution in [2.24, 2.45) is 0 Å². The number of aromatic amines is 2. The molecule has 15 heavy (non-hydrogen) atoms. The zero-order valence-corrected chi connectivity index (χ0v) is 9.88. The summed E-state index contributed by atoms with van der Waals surface area (Å²) in [5.74, 6) is 0.0983. The van der Waals surface area contributed by atoms with Crippen molar-refractivity contribution in [3.63, 3.8) is 0 Å². The van der Waals surface area contributed by atoms with Crippen molar-refractivity contribution in [1.82, 2.24) is 19.9 Å². The summed E-state index contributed by atoms with van der Waals surface area (Å²) >= 11 is 0. The second-order valence-corrected chi connectivity index (χ2v) is 9.46. The summed E-state index contributed by atoms with van der Waals surface area (Å²) in [6.07, 6.45) is 0. The molecular formula is C8H13N5OSi. The van der Waals surface area contributed by atoms with Gasteiger partial charge in [0, 0.05) is 0 Å². The van der Waals surface area contributed by atoms with Gasteiger partial charge in [-0.15, -0.1) is 0 Å². The van der Waals surface area contributed by atoms with Gasteiger partial charge in [0.1, 0.15) is 8.07 Å². The molecular weight excluding hydrogens is 210 g/mol. The normalized spacial score (nSPS) is 12.2. The maximum atomic E-state index is 11.5. The molecule has 0 saturated carbocycles. The minimum absolute atomic E-state index is 0.0983. The van der Waals surface area contributed by atoms with Crippen LogP contribution in [0.3, 0.4) is 0 Å².